The quantitative estimate of drug-likeness (QED) is 0.850. The molecule has 1 unspecified atom stereocenters. The molecule has 6 heteroatoms. The standard InChI is InChI=1S/C11H15BrN2O2S/c1-8-3-2-6-14(8)17(15,16)11-5-4-9(13)7-10(11)12/h4-5,7-8H,2-3,6,13H2,1H3. The summed E-state index contributed by atoms with van der Waals surface area (Å²) in [5, 5.41) is 0. The first-order chi connectivity index (χ1) is 7.93. The molecule has 94 valence electrons. The van der Waals surface area contributed by atoms with Gasteiger partial charge in [-0.3, -0.25) is 0 Å². The van der Waals surface area contributed by atoms with Gasteiger partial charge in [-0.1, -0.05) is 0 Å². The van der Waals surface area contributed by atoms with Crippen molar-refractivity contribution in [1.29, 1.82) is 0 Å². The second kappa shape index (κ2) is 4.59. The predicted octanol–water partition coefficient (Wildman–Crippen LogP) is 2.20. The average Bonchev–Trinajstić information content (AvgIpc) is 2.64. The molecule has 1 aromatic rings. The Kier molecular flexibility index (Phi) is 3.47. The SMILES string of the molecule is CC1CCCN1S(=O)(=O)c1ccc(N)cc1Br. The summed E-state index contributed by atoms with van der Waals surface area (Å²) in [5.41, 5.74) is 6.16. The summed E-state index contributed by atoms with van der Waals surface area (Å²) in [6.07, 6.45) is 1.85. The van der Waals surface area contributed by atoms with E-state index in [0.717, 1.165) is 12.8 Å². The molecule has 1 aliphatic rings. The second-order valence-electron chi connectivity index (χ2n) is 4.30. The molecule has 0 spiro atoms. The van der Waals surface area contributed by atoms with Crippen molar-refractivity contribution in [2.45, 2.75) is 30.7 Å². The first-order valence-corrected chi connectivity index (χ1v) is 7.73. The number of nitrogens with two attached hydrogens (primary N) is 1. The Balaban J connectivity index is 2.44. The first kappa shape index (κ1) is 12.9. The number of rotatable bonds is 2. The molecule has 1 fully saturated rings. The summed E-state index contributed by atoms with van der Waals surface area (Å²) in [7, 11) is -3.40. The highest BCUT2D eigenvalue weighted by Crippen LogP contribution is 2.31. The van der Waals surface area contributed by atoms with Crippen LogP contribution in [0.3, 0.4) is 0 Å². The Morgan fingerprint density at radius 3 is 2.71 bits per heavy atom. The Bertz CT molecular complexity index is 530. The summed E-state index contributed by atoms with van der Waals surface area (Å²) in [5.74, 6) is 0. The Hall–Kier alpha value is -0.590. The first-order valence-electron chi connectivity index (χ1n) is 5.50. The minimum atomic E-state index is -3.40. The molecule has 0 amide bonds. The van der Waals surface area contributed by atoms with Gasteiger partial charge in [-0.2, -0.15) is 4.31 Å². The molecule has 4 nitrogen and oxygen atoms in total. The highest BCUT2D eigenvalue weighted by atomic mass is 79.9. The summed E-state index contributed by atoms with van der Waals surface area (Å²) >= 11 is 3.26. The van der Waals surface area contributed by atoms with Gasteiger partial charge in [0.25, 0.3) is 0 Å². The monoisotopic (exact) mass is 318 g/mol. The zero-order valence-electron chi connectivity index (χ0n) is 9.56. The third-order valence-electron chi connectivity index (χ3n) is 3.03. The molecule has 0 aromatic heterocycles. The van der Waals surface area contributed by atoms with E-state index in [0.29, 0.717) is 21.6 Å². The molecule has 0 aliphatic carbocycles. The van der Waals surface area contributed by atoms with E-state index in [4.69, 9.17) is 5.73 Å². The number of benzene rings is 1. The molecule has 2 N–H and O–H groups in total. The van der Waals surface area contributed by atoms with Gasteiger partial charge in [0.15, 0.2) is 0 Å². The van der Waals surface area contributed by atoms with Crippen LogP contribution in [0, 0.1) is 0 Å². The van der Waals surface area contributed by atoms with E-state index < -0.39 is 10.0 Å². The largest absolute Gasteiger partial charge is 0.399 e. The van der Waals surface area contributed by atoms with Crippen LogP contribution in [-0.2, 0) is 10.0 Å². The second-order valence-corrected chi connectivity index (χ2v) is 7.01. The van der Waals surface area contributed by atoms with E-state index >= 15 is 0 Å². The molecule has 0 saturated carbocycles. The highest BCUT2D eigenvalue weighted by molar-refractivity contribution is 9.10. The van der Waals surface area contributed by atoms with E-state index in [1.54, 1.807) is 22.5 Å². The Morgan fingerprint density at radius 2 is 2.18 bits per heavy atom. The lowest BCUT2D eigenvalue weighted by Crippen LogP contribution is -2.33. The topological polar surface area (TPSA) is 63.4 Å². The number of hydrogen-bond acceptors (Lipinski definition) is 3. The van der Waals surface area contributed by atoms with Gasteiger partial charge in [0.2, 0.25) is 10.0 Å². The molecule has 1 aliphatic heterocycles. The maximum absolute atomic E-state index is 12.4. The van der Waals surface area contributed by atoms with E-state index in [9.17, 15) is 8.42 Å². The molecule has 1 heterocycles. The van der Waals surface area contributed by atoms with Crippen molar-refractivity contribution < 1.29 is 8.42 Å². The van der Waals surface area contributed by atoms with Gasteiger partial charge < -0.3 is 5.73 Å². The molecular formula is C11H15BrN2O2S. The lowest BCUT2D eigenvalue weighted by Gasteiger charge is -2.21. The molecule has 1 atom stereocenters. The van der Waals surface area contributed by atoms with Crippen LogP contribution in [0.1, 0.15) is 19.8 Å². The Labute approximate surface area is 110 Å². The van der Waals surface area contributed by atoms with E-state index in [1.807, 2.05) is 6.92 Å². The van der Waals surface area contributed by atoms with Crippen LogP contribution in [0.5, 0.6) is 0 Å². The minimum absolute atomic E-state index is 0.0736. The zero-order valence-corrected chi connectivity index (χ0v) is 12.0. The fourth-order valence-electron chi connectivity index (χ4n) is 2.12. The van der Waals surface area contributed by atoms with Gasteiger partial charge in [0.05, 0.1) is 4.90 Å². The maximum Gasteiger partial charge on any atom is 0.244 e. The zero-order chi connectivity index (χ0) is 12.6. The number of halogens is 1. The third-order valence-corrected chi connectivity index (χ3v) is 6.02. The Morgan fingerprint density at radius 1 is 1.47 bits per heavy atom. The van der Waals surface area contributed by atoms with Crippen LogP contribution >= 0.6 is 15.9 Å². The van der Waals surface area contributed by atoms with Gasteiger partial charge >= 0.3 is 0 Å². The van der Waals surface area contributed by atoms with Gasteiger partial charge in [-0.05, 0) is 53.9 Å². The van der Waals surface area contributed by atoms with Crippen molar-refractivity contribution in [3.05, 3.63) is 22.7 Å². The number of sulfonamides is 1. The number of nitrogens with zero attached hydrogens (tertiary/aromatic N) is 1. The number of hydrogen-bond donors (Lipinski definition) is 1. The van der Waals surface area contributed by atoms with Crippen molar-refractivity contribution in [1.82, 2.24) is 4.31 Å². The molecule has 1 aromatic carbocycles. The lowest BCUT2D eigenvalue weighted by molar-refractivity contribution is 0.408. The third kappa shape index (κ3) is 2.34. The van der Waals surface area contributed by atoms with Crippen molar-refractivity contribution in [3.8, 4) is 0 Å². The van der Waals surface area contributed by atoms with Crippen molar-refractivity contribution in [2.24, 2.45) is 0 Å². The summed E-state index contributed by atoms with van der Waals surface area (Å²) in [6.45, 7) is 2.54. The minimum Gasteiger partial charge on any atom is -0.399 e. The van der Waals surface area contributed by atoms with E-state index in [2.05, 4.69) is 15.9 Å². The van der Waals surface area contributed by atoms with Gasteiger partial charge in [-0.15, -0.1) is 0 Å². The van der Waals surface area contributed by atoms with Crippen LogP contribution in [0.15, 0.2) is 27.6 Å². The van der Waals surface area contributed by atoms with Crippen molar-refractivity contribution in [2.75, 3.05) is 12.3 Å². The van der Waals surface area contributed by atoms with E-state index in [1.165, 1.54) is 0 Å². The molecule has 17 heavy (non-hydrogen) atoms. The summed E-state index contributed by atoms with van der Waals surface area (Å²) in [6, 6.07) is 4.86. The predicted molar refractivity (Wildman–Crippen MR) is 71.1 cm³/mol. The fourth-order valence-corrected chi connectivity index (χ4v) is 4.87. The smallest absolute Gasteiger partial charge is 0.244 e. The average molecular weight is 319 g/mol. The molecule has 0 radical (unpaired) electrons. The van der Waals surface area contributed by atoms with Crippen LogP contribution in [0.2, 0.25) is 0 Å². The van der Waals surface area contributed by atoms with Crippen LogP contribution in [0.4, 0.5) is 5.69 Å². The molecule has 2 rings (SSSR count). The highest BCUT2D eigenvalue weighted by Gasteiger charge is 2.33. The molecule has 0 bridgehead atoms. The van der Waals surface area contributed by atoms with Crippen LogP contribution in [0.25, 0.3) is 0 Å². The number of anilines is 1. The van der Waals surface area contributed by atoms with Gasteiger partial charge in [-0.25, -0.2) is 8.42 Å². The van der Waals surface area contributed by atoms with Crippen LogP contribution < -0.4 is 5.73 Å². The van der Waals surface area contributed by atoms with Crippen LogP contribution in [-0.4, -0.2) is 25.3 Å². The lowest BCUT2D eigenvalue weighted by atomic mass is 10.3. The molecule has 1 saturated heterocycles. The fraction of sp³-hybridized carbons (Fsp3) is 0.455. The maximum atomic E-state index is 12.4. The van der Waals surface area contributed by atoms with Gasteiger partial charge in [0, 0.05) is 22.7 Å². The van der Waals surface area contributed by atoms with Crippen molar-refractivity contribution in [3.63, 3.8) is 0 Å². The number of nitrogen functional groups attached to an aromatic ring is 1. The van der Waals surface area contributed by atoms with E-state index in [-0.39, 0.29) is 6.04 Å². The summed E-state index contributed by atoms with van der Waals surface area (Å²) < 4.78 is 26.9. The van der Waals surface area contributed by atoms with Crippen molar-refractivity contribution >= 4 is 31.6 Å². The normalized spacial score (nSPS) is 21.9. The van der Waals surface area contributed by atoms with Gasteiger partial charge in [0.1, 0.15) is 0 Å². The molecular weight excluding hydrogens is 304 g/mol. The summed E-state index contributed by atoms with van der Waals surface area (Å²) in [4.78, 5) is 0.292.